The predicted molar refractivity (Wildman–Crippen MR) is 124 cm³/mol. The fraction of sp³-hybridized carbons (Fsp3) is 0.0769. The zero-order valence-electron chi connectivity index (χ0n) is 16.9. The molecule has 4 aromatic carbocycles. The largest absolute Gasteiger partial charge is 0.606 e. The maximum Gasteiger partial charge on any atom is 0.161 e. The molecule has 0 saturated carbocycles. The second kappa shape index (κ2) is 9.11. The van der Waals surface area contributed by atoms with Crippen LogP contribution in [0.15, 0.2) is 117 Å². The molecule has 2 unspecified atom stereocenters. The summed E-state index contributed by atoms with van der Waals surface area (Å²) in [6.07, 6.45) is 0. The summed E-state index contributed by atoms with van der Waals surface area (Å²) in [4.78, 5) is 3.21. The molecule has 150 valence electrons. The van der Waals surface area contributed by atoms with Crippen LogP contribution in [0.25, 0.3) is 11.1 Å². The number of hydrogen-bond donors (Lipinski definition) is 0. The number of aryl methyl sites for hydroxylation is 2. The standard InChI is InChI=1S/C26H22O2S2/c1-19-8-9-20(2)26(18-19)30(28)25-16-12-22(13-17-25)21-10-14-24(15-11-21)29(27)23-6-4-3-5-7-23/h3-18H,1-2H3. The molecule has 2 atom stereocenters. The Morgan fingerprint density at radius 2 is 1.03 bits per heavy atom. The summed E-state index contributed by atoms with van der Waals surface area (Å²) in [7, 11) is 0. The first kappa shape index (κ1) is 20.8. The van der Waals surface area contributed by atoms with Gasteiger partial charge in [0, 0.05) is 27.9 Å². The highest BCUT2D eigenvalue weighted by Crippen LogP contribution is 2.29. The molecule has 0 saturated heterocycles. The van der Waals surface area contributed by atoms with Crippen LogP contribution < -0.4 is 0 Å². The lowest BCUT2D eigenvalue weighted by Gasteiger charge is -2.13. The molecule has 0 N–H and O–H groups in total. The van der Waals surface area contributed by atoms with Crippen LogP contribution >= 0.6 is 0 Å². The Labute approximate surface area is 184 Å². The third-order valence-corrected chi connectivity index (χ3v) is 7.91. The normalized spacial score (nSPS) is 13.1. The van der Waals surface area contributed by atoms with Gasteiger partial charge in [0.15, 0.2) is 19.6 Å². The van der Waals surface area contributed by atoms with Gasteiger partial charge in [0.2, 0.25) is 0 Å². The van der Waals surface area contributed by atoms with Gasteiger partial charge in [-0.1, -0.05) is 30.3 Å². The Kier molecular flexibility index (Phi) is 6.30. The Morgan fingerprint density at radius 3 is 1.60 bits per heavy atom. The maximum absolute atomic E-state index is 13.0. The molecule has 4 heteroatoms. The fourth-order valence-corrected chi connectivity index (χ4v) is 5.61. The first-order chi connectivity index (χ1) is 14.5. The lowest BCUT2D eigenvalue weighted by Crippen LogP contribution is -2.04. The van der Waals surface area contributed by atoms with Crippen LogP contribution in [0.4, 0.5) is 0 Å². The average Bonchev–Trinajstić information content (AvgIpc) is 2.80. The third-order valence-electron chi connectivity index (χ3n) is 4.97. The molecule has 0 fully saturated rings. The van der Waals surface area contributed by atoms with Crippen molar-refractivity contribution in [2.75, 3.05) is 0 Å². The fourth-order valence-electron chi connectivity index (χ4n) is 3.26. The lowest BCUT2D eigenvalue weighted by atomic mass is 10.1. The van der Waals surface area contributed by atoms with Crippen molar-refractivity contribution in [3.05, 3.63) is 108 Å². The average molecular weight is 431 g/mol. The van der Waals surface area contributed by atoms with Crippen LogP contribution in [-0.4, -0.2) is 9.11 Å². The summed E-state index contributed by atoms with van der Waals surface area (Å²) in [6, 6.07) is 31.1. The van der Waals surface area contributed by atoms with Gasteiger partial charge in [0.25, 0.3) is 0 Å². The number of hydrogen-bond acceptors (Lipinski definition) is 2. The highest BCUT2D eigenvalue weighted by Gasteiger charge is 2.18. The summed E-state index contributed by atoms with van der Waals surface area (Å²) >= 11 is -2.39. The Hall–Kier alpha value is -2.50. The van der Waals surface area contributed by atoms with E-state index in [1.165, 1.54) is 0 Å². The number of benzene rings is 4. The first-order valence-electron chi connectivity index (χ1n) is 9.69. The van der Waals surface area contributed by atoms with E-state index in [0.29, 0.717) is 0 Å². The van der Waals surface area contributed by atoms with E-state index >= 15 is 0 Å². The van der Waals surface area contributed by atoms with Gasteiger partial charge in [-0.15, -0.1) is 0 Å². The van der Waals surface area contributed by atoms with Gasteiger partial charge in [-0.2, -0.15) is 0 Å². The second-order valence-electron chi connectivity index (χ2n) is 7.17. The van der Waals surface area contributed by atoms with Crippen molar-refractivity contribution >= 4 is 22.4 Å². The van der Waals surface area contributed by atoms with Crippen LogP contribution in [-0.2, 0) is 22.4 Å². The molecule has 4 rings (SSSR count). The summed E-state index contributed by atoms with van der Waals surface area (Å²) in [6.45, 7) is 4.00. The number of rotatable bonds is 5. The molecule has 4 aromatic rings. The van der Waals surface area contributed by atoms with E-state index in [9.17, 15) is 9.11 Å². The van der Waals surface area contributed by atoms with Gasteiger partial charge < -0.3 is 9.11 Å². The second-order valence-corrected chi connectivity index (χ2v) is 10.1. The highest BCUT2D eigenvalue weighted by molar-refractivity contribution is 7.91. The topological polar surface area (TPSA) is 46.1 Å². The van der Waals surface area contributed by atoms with Crippen LogP contribution in [0.2, 0.25) is 0 Å². The molecule has 2 nitrogen and oxygen atoms in total. The van der Waals surface area contributed by atoms with E-state index in [1.807, 2.05) is 111 Å². The molecule has 0 bridgehead atoms. The zero-order chi connectivity index (χ0) is 21.1. The monoisotopic (exact) mass is 430 g/mol. The minimum Gasteiger partial charge on any atom is -0.606 e. The first-order valence-corrected chi connectivity index (χ1v) is 12.0. The molecule has 0 amide bonds. The Bertz CT molecular complexity index is 1120. The van der Waals surface area contributed by atoms with Gasteiger partial charge in [-0.05, 0) is 97.3 Å². The van der Waals surface area contributed by atoms with Crippen molar-refractivity contribution in [2.45, 2.75) is 33.4 Å². The zero-order valence-corrected chi connectivity index (χ0v) is 18.5. The van der Waals surface area contributed by atoms with E-state index < -0.39 is 22.4 Å². The van der Waals surface area contributed by atoms with E-state index in [1.54, 1.807) is 0 Å². The van der Waals surface area contributed by atoms with Gasteiger partial charge in [-0.25, -0.2) is 0 Å². The lowest BCUT2D eigenvalue weighted by molar-refractivity contribution is 0.594. The molecule has 0 aliphatic carbocycles. The van der Waals surface area contributed by atoms with Crippen molar-refractivity contribution in [3.8, 4) is 11.1 Å². The summed E-state index contributed by atoms with van der Waals surface area (Å²) in [5, 5.41) is 0. The smallest absolute Gasteiger partial charge is 0.161 e. The van der Waals surface area contributed by atoms with Crippen molar-refractivity contribution in [3.63, 3.8) is 0 Å². The van der Waals surface area contributed by atoms with Crippen molar-refractivity contribution in [2.24, 2.45) is 0 Å². The summed E-state index contributed by atoms with van der Waals surface area (Å²) < 4.78 is 25.7. The summed E-state index contributed by atoms with van der Waals surface area (Å²) in [5.41, 5.74) is 4.21. The molecule has 0 aliphatic rings. The van der Waals surface area contributed by atoms with Gasteiger partial charge in [0.1, 0.15) is 0 Å². The molecule has 0 aliphatic heterocycles. The minimum absolute atomic E-state index is 0.776. The van der Waals surface area contributed by atoms with Crippen molar-refractivity contribution in [1.29, 1.82) is 0 Å². The van der Waals surface area contributed by atoms with Crippen LogP contribution in [0.3, 0.4) is 0 Å². The Morgan fingerprint density at radius 1 is 0.533 bits per heavy atom. The molecule has 0 radical (unpaired) electrons. The molecular formula is C26H22O2S2. The minimum atomic E-state index is -1.20. The quantitative estimate of drug-likeness (QED) is 0.349. The van der Waals surface area contributed by atoms with E-state index in [2.05, 4.69) is 0 Å². The van der Waals surface area contributed by atoms with E-state index in [0.717, 1.165) is 41.8 Å². The van der Waals surface area contributed by atoms with Crippen LogP contribution in [0.5, 0.6) is 0 Å². The molecule has 0 spiro atoms. The van der Waals surface area contributed by atoms with Crippen molar-refractivity contribution < 1.29 is 9.11 Å². The van der Waals surface area contributed by atoms with Crippen molar-refractivity contribution in [1.82, 2.24) is 0 Å². The molecule has 0 aromatic heterocycles. The van der Waals surface area contributed by atoms with Gasteiger partial charge >= 0.3 is 0 Å². The van der Waals surface area contributed by atoms with Crippen LogP contribution in [0, 0.1) is 13.8 Å². The SMILES string of the molecule is Cc1ccc(C)c([S+]([O-])c2ccc(-c3ccc([S+]([O-])c4ccccc4)cc3)cc2)c1. The molecule has 0 heterocycles. The third kappa shape index (κ3) is 4.47. The molecule has 30 heavy (non-hydrogen) atoms. The Balaban J connectivity index is 1.53. The van der Waals surface area contributed by atoms with Crippen LogP contribution in [0.1, 0.15) is 11.1 Å². The maximum atomic E-state index is 13.0. The molecular weight excluding hydrogens is 408 g/mol. The van der Waals surface area contributed by atoms with Gasteiger partial charge in [-0.3, -0.25) is 0 Å². The highest BCUT2D eigenvalue weighted by atomic mass is 32.2. The summed E-state index contributed by atoms with van der Waals surface area (Å²) in [5.74, 6) is 0. The van der Waals surface area contributed by atoms with Gasteiger partial charge in [0.05, 0.1) is 0 Å². The van der Waals surface area contributed by atoms with E-state index in [4.69, 9.17) is 0 Å². The predicted octanol–water partition coefficient (Wildman–Crippen LogP) is 6.30. The van der Waals surface area contributed by atoms with E-state index in [-0.39, 0.29) is 0 Å².